The summed E-state index contributed by atoms with van der Waals surface area (Å²) in [4.78, 5) is 14.2. The van der Waals surface area contributed by atoms with Gasteiger partial charge in [-0.2, -0.15) is 21.6 Å². The Balaban J connectivity index is 1.76. The van der Waals surface area contributed by atoms with E-state index in [4.69, 9.17) is 0 Å². The Hall–Kier alpha value is -2.59. The molecule has 35 heavy (non-hydrogen) atoms. The number of rotatable bonds is 8. The zero-order valence-corrected chi connectivity index (χ0v) is 20.6. The Morgan fingerprint density at radius 2 is 1.86 bits per heavy atom. The van der Waals surface area contributed by atoms with Crippen LogP contribution in [0.1, 0.15) is 38.3 Å². The monoisotopic (exact) mass is 513 g/mol. The van der Waals surface area contributed by atoms with Crippen molar-refractivity contribution in [2.24, 2.45) is 11.8 Å². The van der Waals surface area contributed by atoms with E-state index in [1.807, 2.05) is 51.1 Å². The molecule has 0 aromatic heterocycles. The van der Waals surface area contributed by atoms with Gasteiger partial charge in [-0.1, -0.05) is 56.3 Å². The lowest BCUT2D eigenvalue weighted by molar-refractivity contribution is -0.144. The number of alkyl halides is 3. The molecule has 0 saturated carbocycles. The summed E-state index contributed by atoms with van der Waals surface area (Å²) in [6, 6.07) is 15.0. The molecule has 192 valence electrons. The van der Waals surface area contributed by atoms with E-state index >= 15 is 0 Å². The summed E-state index contributed by atoms with van der Waals surface area (Å²) >= 11 is 0. The molecule has 2 aromatic carbocycles. The van der Waals surface area contributed by atoms with Gasteiger partial charge in [0.25, 0.3) is 0 Å². The Labute approximate surface area is 203 Å². The van der Waals surface area contributed by atoms with Crippen LogP contribution >= 0.6 is 0 Å². The van der Waals surface area contributed by atoms with Crippen molar-refractivity contribution in [3.63, 3.8) is 0 Å². The number of benzene rings is 2. The number of likely N-dealkylation sites (tertiary alicyclic amines) is 1. The fourth-order valence-electron chi connectivity index (χ4n) is 4.73. The highest BCUT2D eigenvalue weighted by Crippen LogP contribution is 2.42. The summed E-state index contributed by atoms with van der Waals surface area (Å²) < 4.78 is 65.4. The van der Waals surface area contributed by atoms with Crippen molar-refractivity contribution in [2.75, 3.05) is 13.1 Å². The molecule has 1 aliphatic heterocycles. The van der Waals surface area contributed by atoms with Gasteiger partial charge in [-0.25, -0.2) is 0 Å². The summed E-state index contributed by atoms with van der Waals surface area (Å²) in [6.07, 6.45) is 1.03. The fourth-order valence-corrected chi connectivity index (χ4v) is 5.18. The van der Waals surface area contributed by atoms with Crippen LogP contribution in [0.25, 0.3) is 0 Å². The Kier molecular flexibility index (Phi) is 7.86. The van der Waals surface area contributed by atoms with Crippen molar-refractivity contribution < 1.29 is 35.7 Å². The minimum atomic E-state index is -5.76. The predicted molar refractivity (Wildman–Crippen MR) is 125 cm³/mol. The molecule has 0 amide bonds. The third-order valence-electron chi connectivity index (χ3n) is 7.27. The van der Waals surface area contributed by atoms with Crippen LogP contribution in [0.2, 0.25) is 0 Å². The quantitative estimate of drug-likeness (QED) is 0.402. The van der Waals surface area contributed by atoms with Crippen molar-refractivity contribution in [1.82, 2.24) is 4.90 Å². The van der Waals surface area contributed by atoms with Crippen molar-refractivity contribution in [2.45, 2.75) is 50.6 Å². The van der Waals surface area contributed by atoms with Crippen LogP contribution in [0.5, 0.6) is 5.75 Å². The molecule has 0 aliphatic carbocycles. The van der Waals surface area contributed by atoms with Gasteiger partial charge in [0.05, 0.1) is 5.92 Å². The molecule has 6 nitrogen and oxygen atoms in total. The van der Waals surface area contributed by atoms with Gasteiger partial charge in [0.15, 0.2) is 0 Å². The summed E-state index contributed by atoms with van der Waals surface area (Å²) in [5, 5.41) is 9.89. The average Bonchev–Trinajstić information content (AvgIpc) is 2.78. The molecule has 2 unspecified atom stereocenters. The van der Waals surface area contributed by atoms with Crippen LogP contribution in [-0.2, 0) is 26.7 Å². The third kappa shape index (κ3) is 5.98. The van der Waals surface area contributed by atoms with Crippen molar-refractivity contribution in [3.8, 4) is 5.75 Å². The number of carboxylic acids is 1. The highest BCUT2D eigenvalue weighted by molar-refractivity contribution is 7.88. The van der Waals surface area contributed by atoms with Gasteiger partial charge in [0.1, 0.15) is 5.75 Å². The van der Waals surface area contributed by atoms with E-state index in [2.05, 4.69) is 9.08 Å². The average molecular weight is 514 g/mol. The summed E-state index contributed by atoms with van der Waals surface area (Å²) in [6.45, 7) is 7.07. The second kappa shape index (κ2) is 10.2. The normalized spacial score (nSPS) is 23.4. The number of carbonyl (C=O) groups is 1. The van der Waals surface area contributed by atoms with Crippen LogP contribution in [0.15, 0.2) is 54.6 Å². The largest absolute Gasteiger partial charge is 0.534 e. The van der Waals surface area contributed by atoms with E-state index in [9.17, 15) is 31.5 Å². The molecule has 0 spiro atoms. The number of aliphatic carboxylic acids is 1. The number of hydrogen-bond acceptors (Lipinski definition) is 5. The minimum absolute atomic E-state index is 0.0133. The van der Waals surface area contributed by atoms with Crippen molar-refractivity contribution in [1.29, 1.82) is 0 Å². The molecule has 0 bridgehead atoms. The topological polar surface area (TPSA) is 83.9 Å². The number of halogens is 3. The van der Waals surface area contributed by atoms with E-state index in [1.54, 1.807) is 6.07 Å². The summed E-state index contributed by atoms with van der Waals surface area (Å²) in [7, 11) is -5.76. The molecular formula is C25H30F3NO5S. The number of carboxylic acid groups (broad SMARTS) is 1. The smallest absolute Gasteiger partial charge is 0.481 e. The summed E-state index contributed by atoms with van der Waals surface area (Å²) in [5.41, 5.74) is -4.35. The second-order valence-corrected chi connectivity index (χ2v) is 11.0. The standard InChI is InChI=1S/C25H30F3NO5S/c1-17-16-29(18(2)22(23(30)31)14-19-8-5-4-6-9-19)13-12-24(17,3)20-10-7-11-21(15-20)34-35(32,33)25(26,27)28/h4-11,15,17-18,22H,12-14,16H2,1-3H3,(H,30,31)/t17-,18?,22?,24+/m0/s1. The lowest BCUT2D eigenvalue weighted by Crippen LogP contribution is -2.53. The maximum absolute atomic E-state index is 12.7. The molecule has 1 saturated heterocycles. The predicted octanol–water partition coefficient (Wildman–Crippen LogP) is 4.85. The Bertz CT molecular complexity index is 1140. The zero-order chi connectivity index (χ0) is 26.0. The molecule has 1 fully saturated rings. The van der Waals surface area contributed by atoms with E-state index in [0.29, 0.717) is 31.5 Å². The Morgan fingerprint density at radius 3 is 2.43 bits per heavy atom. The van der Waals surface area contributed by atoms with Gasteiger partial charge in [0.2, 0.25) is 0 Å². The van der Waals surface area contributed by atoms with Crippen LogP contribution < -0.4 is 4.18 Å². The Morgan fingerprint density at radius 1 is 1.20 bits per heavy atom. The molecule has 10 heteroatoms. The molecule has 0 radical (unpaired) electrons. The van der Waals surface area contributed by atoms with Crippen molar-refractivity contribution in [3.05, 3.63) is 65.7 Å². The van der Waals surface area contributed by atoms with E-state index in [1.165, 1.54) is 18.2 Å². The second-order valence-electron chi connectivity index (χ2n) is 9.45. The first-order valence-electron chi connectivity index (χ1n) is 11.4. The number of piperidine rings is 1. The first-order chi connectivity index (χ1) is 16.2. The third-order valence-corrected chi connectivity index (χ3v) is 8.25. The zero-order valence-electron chi connectivity index (χ0n) is 19.8. The van der Waals surface area contributed by atoms with Crippen LogP contribution in [-0.4, -0.2) is 49.0 Å². The number of nitrogens with zero attached hydrogens (tertiary/aromatic N) is 1. The van der Waals surface area contributed by atoms with Crippen LogP contribution in [0.3, 0.4) is 0 Å². The lowest BCUT2D eigenvalue weighted by atomic mass is 9.67. The molecule has 1 N–H and O–H groups in total. The van der Waals surface area contributed by atoms with Gasteiger partial charge in [0, 0.05) is 12.6 Å². The maximum atomic E-state index is 12.7. The van der Waals surface area contributed by atoms with Crippen molar-refractivity contribution >= 4 is 16.1 Å². The highest BCUT2D eigenvalue weighted by Gasteiger charge is 2.49. The fraction of sp³-hybridized carbons (Fsp3) is 0.480. The number of hydrogen-bond donors (Lipinski definition) is 1. The van der Waals surface area contributed by atoms with E-state index < -0.39 is 38.7 Å². The van der Waals surface area contributed by atoms with E-state index in [0.717, 1.165) is 5.56 Å². The SMILES string of the molecule is CC(C(Cc1ccccc1)C(=O)O)N1CC[C@@](C)(c2cccc(OS(=O)(=O)C(F)(F)F)c2)[C@@H](C)C1. The van der Waals surface area contributed by atoms with Gasteiger partial charge < -0.3 is 9.29 Å². The molecular weight excluding hydrogens is 483 g/mol. The van der Waals surface area contributed by atoms with Gasteiger partial charge >= 0.3 is 21.6 Å². The molecule has 1 aliphatic rings. The van der Waals surface area contributed by atoms with Gasteiger partial charge in [-0.15, -0.1) is 0 Å². The summed E-state index contributed by atoms with van der Waals surface area (Å²) in [5.74, 6) is -1.84. The molecule has 3 rings (SSSR count). The maximum Gasteiger partial charge on any atom is 0.534 e. The first-order valence-corrected chi connectivity index (χ1v) is 12.8. The minimum Gasteiger partial charge on any atom is -0.481 e. The molecule has 4 atom stereocenters. The van der Waals surface area contributed by atoms with Gasteiger partial charge in [-0.05, 0) is 60.9 Å². The van der Waals surface area contributed by atoms with Crippen LogP contribution in [0.4, 0.5) is 13.2 Å². The van der Waals surface area contributed by atoms with Gasteiger partial charge in [-0.3, -0.25) is 9.69 Å². The molecule has 1 heterocycles. The van der Waals surface area contributed by atoms with Crippen LogP contribution in [0, 0.1) is 11.8 Å². The first kappa shape index (κ1) is 27.0. The molecule has 2 aromatic rings. The lowest BCUT2D eigenvalue weighted by Gasteiger charge is -2.48. The van der Waals surface area contributed by atoms with E-state index in [-0.39, 0.29) is 12.0 Å². The highest BCUT2D eigenvalue weighted by atomic mass is 32.2.